The van der Waals surface area contributed by atoms with E-state index in [0.29, 0.717) is 43.3 Å². The van der Waals surface area contributed by atoms with Crippen molar-refractivity contribution in [2.24, 2.45) is 0 Å². The lowest BCUT2D eigenvalue weighted by Crippen LogP contribution is -2.27. The zero-order chi connectivity index (χ0) is 44.2. The molecule has 0 N–H and O–H groups in total. The maximum absolute atomic E-state index is 14.4. The van der Waals surface area contributed by atoms with Gasteiger partial charge in [0.2, 0.25) is 0 Å². The van der Waals surface area contributed by atoms with E-state index >= 15 is 0 Å². The van der Waals surface area contributed by atoms with E-state index in [1.165, 1.54) is 48.5 Å². The van der Waals surface area contributed by atoms with Crippen LogP contribution in [0.15, 0.2) is 170 Å². The average Bonchev–Trinajstić information content (AvgIpc) is 3.23. The first-order valence-corrected chi connectivity index (χ1v) is 21.3. The van der Waals surface area contributed by atoms with Crippen molar-refractivity contribution in [2.45, 2.75) is 24.7 Å². The number of rotatable bonds is 7. The van der Waals surface area contributed by atoms with Crippen molar-refractivity contribution in [1.29, 1.82) is 0 Å². The molecule has 0 nitrogen and oxygen atoms in total. The molecule has 8 rings (SSSR count). The Balaban J connectivity index is 1.54. The summed E-state index contributed by atoms with van der Waals surface area (Å²) in [5, 5.41) is 3.00. The van der Waals surface area contributed by atoms with Gasteiger partial charge < -0.3 is 0 Å². The summed E-state index contributed by atoms with van der Waals surface area (Å²) in [6.07, 6.45) is -19.3. The van der Waals surface area contributed by atoms with Crippen LogP contribution in [0.25, 0.3) is 32.7 Å². The normalized spacial score (nSPS) is 12.8. The van der Waals surface area contributed by atoms with Gasteiger partial charge in [-0.25, -0.2) is 0 Å². The lowest BCUT2D eigenvalue weighted by atomic mass is 9.93. The van der Waals surface area contributed by atoms with Crippen LogP contribution >= 0.6 is 15.8 Å². The Kier molecular flexibility index (Phi) is 11.2. The Morgan fingerprint density at radius 2 is 0.548 bits per heavy atom. The van der Waals surface area contributed by atoms with E-state index < -0.39 is 62.8 Å². The van der Waals surface area contributed by atoms with Crippen molar-refractivity contribution in [1.82, 2.24) is 0 Å². The molecule has 0 fully saturated rings. The van der Waals surface area contributed by atoms with E-state index in [2.05, 4.69) is 0 Å². The molecule has 0 aromatic heterocycles. The zero-order valence-electron chi connectivity index (χ0n) is 31.6. The second-order valence-corrected chi connectivity index (χ2v) is 18.6. The summed E-state index contributed by atoms with van der Waals surface area (Å²) in [5.74, 6) is 0. The Bertz CT molecular complexity index is 2630. The van der Waals surface area contributed by atoms with Gasteiger partial charge in [0.15, 0.2) is 0 Å². The second-order valence-electron chi connectivity index (χ2n) is 14.2. The Morgan fingerprint density at radius 1 is 0.274 bits per heavy atom. The number of hydrogen-bond acceptors (Lipinski definition) is 0. The van der Waals surface area contributed by atoms with Gasteiger partial charge in [-0.1, -0.05) is 121 Å². The third kappa shape index (κ3) is 8.55. The summed E-state index contributed by atoms with van der Waals surface area (Å²) in [5.41, 5.74) is -3.47. The minimum Gasteiger partial charge on any atom is -0.166 e. The van der Waals surface area contributed by atoms with Crippen LogP contribution in [-0.4, -0.2) is 0 Å². The van der Waals surface area contributed by atoms with Crippen LogP contribution < -0.4 is 31.8 Å². The number of alkyl halides is 12. The first kappa shape index (κ1) is 43.0. The number of fused-ring (bicyclic) bond motifs is 2. The molecule has 0 aliphatic carbocycles. The first-order valence-electron chi connectivity index (χ1n) is 18.6. The molecule has 0 aliphatic heterocycles. The standard InChI is InChI=1S/C48H28F12P2/c49-45(50,51)31-11-5-15-35(25-31)61(36-16-6-12-32(26-36)46(52,53)54)41-23-21-29-9-1-3-19-39(29)43(41)44-40-20-4-2-10-30(40)22-24-42(44)62(37-17-7-13-33(27-37)47(55,56)57)38-18-8-14-34(28-38)48(58,59)60/h1-28H. The van der Waals surface area contributed by atoms with Crippen molar-refractivity contribution in [3.05, 3.63) is 192 Å². The Morgan fingerprint density at radius 3 is 0.823 bits per heavy atom. The minimum atomic E-state index is -4.83. The fourth-order valence-electron chi connectivity index (χ4n) is 7.56. The summed E-state index contributed by atoms with van der Waals surface area (Å²) in [7, 11) is -4.63. The van der Waals surface area contributed by atoms with E-state index in [1.807, 2.05) is 0 Å². The molecular weight excluding hydrogens is 866 g/mol. The van der Waals surface area contributed by atoms with Crippen LogP contribution in [0.4, 0.5) is 52.7 Å². The third-order valence-electron chi connectivity index (χ3n) is 10.3. The Hall–Kier alpha value is -5.70. The lowest BCUT2D eigenvalue weighted by Gasteiger charge is -2.29. The van der Waals surface area contributed by atoms with Gasteiger partial charge >= 0.3 is 24.7 Å². The molecule has 0 aliphatic rings. The fraction of sp³-hybridized carbons (Fsp3) is 0.0833. The van der Waals surface area contributed by atoms with Crippen molar-refractivity contribution in [2.75, 3.05) is 0 Å². The maximum atomic E-state index is 14.4. The first-order chi connectivity index (χ1) is 29.3. The highest BCUT2D eigenvalue weighted by Gasteiger charge is 2.37. The van der Waals surface area contributed by atoms with Crippen LogP contribution in [0, 0.1) is 0 Å². The fourth-order valence-corrected chi connectivity index (χ4v) is 12.6. The van der Waals surface area contributed by atoms with Crippen LogP contribution in [0.5, 0.6) is 0 Å². The summed E-state index contributed by atoms with van der Waals surface area (Å²) >= 11 is 0. The lowest BCUT2D eigenvalue weighted by molar-refractivity contribution is -0.138. The Labute approximate surface area is 349 Å². The van der Waals surface area contributed by atoms with Crippen molar-refractivity contribution in [3.8, 4) is 11.1 Å². The van der Waals surface area contributed by atoms with Gasteiger partial charge in [0.25, 0.3) is 0 Å². The van der Waals surface area contributed by atoms with Crippen LogP contribution in [0.2, 0.25) is 0 Å². The molecule has 0 saturated carbocycles. The molecule has 8 aromatic rings. The number of hydrogen-bond donors (Lipinski definition) is 0. The molecule has 0 radical (unpaired) electrons. The molecule has 0 amide bonds. The highest BCUT2D eigenvalue weighted by Crippen LogP contribution is 2.47. The van der Waals surface area contributed by atoms with Crippen molar-refractivity contribution < 1.29 is 52.7 Å². The van der Waals surface area contributed by atoms with E-state index in [9.17, 15) is 52.7 Å². The van der Waals surface area contributed by atoms with Gasteiger partial charge in [0, 0.05) is 0 Å². The van der Waals surface area contributed by atoms with Gasteiger partial charge in [-0.05, 0) is 129 Å². The maximum Gasteiger partial charge on any atom is 0.416 e. The third-order valence-corrected chi connectivity index (χ3v) is 15.2. The molecular formula is C48H28F12P2. The molecule has 0 atom stereocenters. The molecule has 0 bridgehead atoms. The highest BCUT2D eigenvalue weighted by atomic mass is 31.1. The minimum absolute atomic E-state index is 0.0467. The van der Waals surface area contributed by atoms with Crippen molar-refractivity contribution >= 4 is 69.2 Å². The average molecular weight is 895 g/mol. The van der Waals surface area contributed by atoms with E-state index in [0.717, 1.165) is 48.5 Å². The van der Waals surface area contributed by atoms with Crippen molar-refractivity contribution in [3.63, 3.8) is 0 Å². The molecule has 0 spiro atoms. The summed E-state index contributed by atoms with van der Waals surface area (Å²) in [4.78, 5) is 0. The van der Waals surface area contributed by atoms with Crippen LogP contribution in [0.3, 0.4) is 0 Å². The molecule has 0 heterocycles. The molecule has 0 saturated heterocycles. The predicted octanol–water partition coefficient (Wildman–Crippen LogP) is 13.3. The molecule has 8 aromatic carbocycles. The number of benzene rings is 8. The van der Waals surface area contributed by atoms with E-state index in [1.54, 1.807) is 72.8 Å². The smallest absolute Gasteiger partial charge is 0.166 e. The van der Waals surface area contributed by atoms with Crippen LogP contribution in [0.1, 0.15) is 22.3 Å². The zero-order valence-corrected chi connectivity index (χ0v) is 33.4. The van der Waals surface area contributed by atoms with E-state index in [-0.39, 0.29) is 21.2 Å². The summed E-state index contributed by atoms with van der Waals surface area (Å²) in [6.45, 7) is 0. The topological polar surface area (TPSA) is 0 Å². The van der Waals surface area contributed by atoms with Gasteiger partial charge in [-0.3, -0.25) is 0 Å². The number of halogens is 12. The largest absolute Gasteiger partial charge is 0.416 e. The molecule has 62 heavy (non-hydrogen) atoms. The monoisotopic (exact) mass is 894 g/mol. The SMILES string of the molecule is FC(F)(F)c1cccc(P(c2cccc(C(F)(F)F)c2)c2ccc3ccccc3c2-c2c(P(c3cccc(C(F)(F)F)c3)c3cccc(C(F)(F)F)c3)ccc3ccccc23)c1. The van der Waals surface area contributed by atoms with Gasteiger partial charge in [0.05, 0.1) is 22.3 Å². The molecule has 14 heteroatoms. The molecule has 314 valence electrons. The van der Waals surface area contributed by atoms with Gasteiger partial charge in [0.1, 0.15) is 0 Å². The van der Waals surface area contributed by atoms with Gasteiger partial charge in [-0.15, -0.1) is 0 Å². The summed E-state index contributed by atoms with van der Waals surface area (Å²) in [6, 6.07) is 37.8. The predicted molar refractivity (Wildman–Crippen MR) is 224 cm³/mol. The summed E-state index contributed by atoms with van der Waals surface area (Å²) < 4.78 is 172. The van der Waals surface area contributed by atoms with Crippen LogP contribution in [-0.2, 0) is 24.7 Å². The quantitative estimate of drug-likeness (QED) is 0.110. The highest BCUT2D eigenvalue weighted by molar-refractivity contribution is 7.80. The molecule has 0 unspecified atom stereocenters. The second kappa shape index (κ2) is 16.2. The van der Waals surface area contributed by atoms with E-state index in [4.69, 9.17) is 0 Å². The van der Waals surface area contributed by atoms with Gasteiger partial charge in [-0.2, -0.15) is 52.7 Å².